The van der Waals surface area contributed by atoms with E-state index in [1.165, 1.54) is 22.3 Å². The molecule has 0 atom stereocenters. The molecule has 4 rings (SSSR count). The van der Waals surface area contributed by atoms with Gasteiger partial charge in [0.1, 0.15) is 0 Å². The van der Waals surface area contributed by atoms with Crippen molar-refractivity contribution in [2.24, 2.45) is 0 Å². The van der Waals surface area contributed by atoms with E-state index in [9.17, 15) is 0 Å². The summed E-state index contributed by atoms with van der Waals surface area (Å²) >= 11 is 3.29. The van der Waals surface area contributed by atoms with Crippen molar-refractivity contribution in [3.63, 3.8) is 0 Å². The first-order valence-electron chi connectivity index (χ1n) is 8.71. The van der Waals surface area contributed by atoms with E-state index in [0.717, 1.165) is 20.9 Å². The molecule has 27 heavy (non-hydrogen) atoms. The maximum absolute atomic E-state index is 4.28. The zero-order chi connectivity index (χ0) is 18.5. The van der Waals surface area contributed by atoms with Crippen LogP contribution in [0, 0.1) is 6.92 Å². The third-order valence-corrected chi connectivity index (χ3v) is 6.18. The highest BCUT2D eigenvalue weighted by molar-refractivity contribution is 8.00. The van der Waals surface area contributed by atoms with Crippen LogP contribution in [0.4, 0.5) is 10.8 Å². The van der Waals surface area contributed by atoms with Crippen molar-refractivity contribution in [1.29, 1.82) is 0 Å². The lowest BCUT2D eigenvalue weighted by atomic mass is 10.0. The van der Waals surface area contributed by atoms with E-state index in [-0.39, 0.29) is 0 Å². The van der Waals surface area contributed by atoms with Crippen molar-refractivity contribution in [3.8, 4) is 11.1 Å². The summed E-state index contributed by atoms with van der Waals surface area (Å²) in [7, 11) is 0. The Morgan fingerprint density at radius 3 is 2.26 bits per heavy atom. The van der Waals surface area contributed by atoms with Crippen molar-refractivity contribution in [1.82, 2.24) is 10.2 Å². The summed E-state index contributed by atoms with van der Waals surface area (Å²) in [4.78, 5) is 0. The van der Waals surface area contributed by atoms with Crippen molar-refractivity contribution in [2.45, 2.75) is 17.0 Å². The fourth-order valence-corrected chi connectivity index (χ4v) is 4.38. The Morgan fingerprint density at radius 2 is 1.52 bits per heavy atom. The molecule has 3 nitrogen and oxygen atoms in total. The minimum absolute atomic E-state index is 0.820. The number of nitrogens with zero attached hydrogens (tertiary/aromatic N) is 2. The molecular weight excluding hydrogens is 370 g/mol. The predicted octanol–water partition coefficient (Wildman–Crippen LogP) is 6.55. The highest BCUT2D eigenvalue weighted by Crippen LogP contribution is 2.30. The van der Waals surface area contributed by atoms with Crippen LogP contribution >= 0.6 is 23.1 Å². The third kappa shape index (κ3) is 4.76. The molecule has 5 heteroatoms. The molecule has 0 saturated heterocycles. The second-order valence-electron chi connectivity index (χ2n) is 6.22. The van der Waals surface area contributed by atoms with Gasteiger partial charge in [0, 0.05) is 11.4 Å². The lowest BCUT2D eigenvalue weighted by Gasteiger charge is -2.03. The molecule has 4 aromatic rings. The van der Waals surface area contributed by atoms with Gasteiger partial charge in [-0.15, -0.1) is 10.2 Å². The molecule has 0 spiro atoms. The Labute approximate surface area is 167 Å². The molecule has 1 heterocycles. The van der Waals surface area contributed by atoms with E-state index < -0.39 is 0 Å². The summed E-state index contributed by atoms with van der Waals surface area (Å²) in [5, 5.41) is 12.6. The maximum atomic E-state index is 4.28. The van der Waals surface area contributed by atoms with E-state index >= 15 is 0 Å². The lowest BCUT2D eigenvalue weighted by Crippen LogP contribution is -1.88. The quantitative estimate of drug-likeness (QED) is 0.379. The second kappa shape index (κ2) is 8.37. The molecule has 1 aromatic heterocycles. The van der Waals surface area contributed by atoms with Crippen LogP contribution < -0.4 is 5.32 Å². The average Bonchev–Trinajstić information content (AvgIpc) is 3.17. The number of anilines is 2. The molecule has 134 valence electrons. The van der Waals surface area contributed by atoms with Gasteiger partial charge >= 0.3 is 0 Å². The molecule has 0 unspecified atom stereocenters. The summed E-state index contributed by atoms with van der Waals surface area (Å²) in [5.74, 6) is 0.883. The average molecular weight is 390 g/mol. The first kappa shape index (κ1) is 17.8. The number of thioether (sulfide) groups is 1. The highest BCUT2D eigenvalue weighted by Gasteiger charge is 2.06. The second-order valence-corrected chi connectivity index (χ2v) is 8.42. The summed E-state index contributed by atoms with van der Waals surface area (Å²) in [6, 6.07) is 27.4. The zero-order valence-corrected chi connectivity index (χ0v) is 16.6. The van der Waals surface area contributed by atoms with Crippen LogP contribution in [0.2, 0.25) is 0 Å². The molecule has 3 aromatic carbocycles. The number of rotatable bonds is 6. The Morgan fingerprint density at radius 1 is 0.815 bits per heavy atom. The van der Waals surface area contributed by atoms with Crippen molar-refractivity contribution in [2.75, 3.05) is 5.32 Å². The van der Waals surface area contributed by atoms with Gasteiger partial charge in [-0.2, -0.15) is 0 Å². The van der Waals surface area contributed by atoms with E-state index in [0.29, 0.717) is 0 Å². The SMILES string of the molecule is Cc1ccc(Nc2nnc(SCc3ccc(-c4ccccc4)cc3)s2)cc1. The first-order valence-corrected chi connectivity index (χ1v) is 10.5. The van der Waals surface area contributed by atoms with E-state index in [1.54, 1.807) is 23.1 Å². The molecule has 0 saturated carbocycles. The Bertz CT molecular complexity index is 994. The van der Waals surface area contributed by atoms with Gasteiger partial charge in [-0.25, -0.2) is 0 Å². The Hall–Kier alpha value is -2.63. The minimum Gasteiger partial charge on any atom is -0.330 e. The Kier molecular flexibility index (Phi) is 5.51. The van der Waals surface area contributed by atoms with Crippen LogP contribution in [-0.4, -0.2) is 10.2 Å². The van der Waals surface area contributed by atoms with Crippen molar-refractivity contribution >= 4 is 33.9 Å². The van der Waals surface area contributed by atoms with Crippen LogP contribution in [-0.2, 0) is 5.75 Å². The van der Waals surface area contributed by atoms with Crippen LogP contribution in [0.25, 0.3) is 11.1 Å². The largest absolute Gasteiger partial charge is 0.330 e. The predicted molar refractivity (Wildman–Crippen MR) is 116 cm³/mol. The van der Waals surface area contributed by atoms with Crippen LogP contribution in [0.3, 0.4) is 0 Å². The molecule has 0 aliphatic heterocycles. The molecule has 0 aliphatic carbocycles. The van der Waals surface area contributed by atoms with Crippen LogP contribution in [0.5, 0.6) is 0 Å². The third-order valence-electron chi connectivity index (χ3n) is 4.13. The molecular formula is C22H19N3S2. The normalized spacial score (nSPS) is 10.7. The number of hydrogen-bond acceptors (Lipinski definition) is 5. The van der Waals surface area contributed by atoms with Crippen molar-refractivity contribution < 1.29 is 0 Å². The highest BCUT2D eigenvalue weighted by atomic mass is 32.2. The van der Waals surface area contributed by atoms with Gasteiger partial charge in [0.2, 0.25) is 5.13 Å². The van der Waals surface area contributed by atoms with E-state index in [1.807, 2.05) is 6.07 Å². The maximum Gasteiger partial charge on any atom is 0.210 e. The van der Waals surface area contributed by atoms with E-state index in [4.69, 9.17) is 0 Å². The number of nitrogens with one attached hydrogen (secondary N) is 1. The molecule has 0 amide bonds. The van der Waals surface area contributed by atoms with Crippen LogP contribution in [0.1, 0.15) is 11.1 Å². The van der Waals surface area contributed by atoms with Gasteiger partial charge in [0.25, 0.3) is 0 Å². The smallest absolute Gasteiger partial charge is 0.210 e. The Balaban J connectivity index is 1.35. The van der Waals surface area contributed by atoms with Gasteiger partial charge < -0.3 is 5.32 Å². The minimum atomic E-state index is 0.820. The number of aryl methyl sites for hydroxylation is 1. The zero-order valence-electron chi connectivity index (χ0n) is 14.9. The fraction of sp³-hybridized carbons (Fsp3) is 0.0909. The standard InChI is InChI=1S/C22H19N3S2/c1-16-7-13-20(14-8-16)23-21-24-25-22(27-21)26-15-17-9-11-19(12-10-17)18-5-3-2-4-6-18/h2-14H,15H2,1H3,(H,23,24). The summed E-state index contributed by atoms with van der Waals surface area (Å²) in [6.07, 6.45) is 0. The van der Waals surface area contributed by atoms with Gasteiger partial charge in [-0.05, 0) is 35.7 Å². The monoisotopic (exact) mass is 389 g/mol. The molecule has 0 aliphatic rings. The molecule has 1 N–H and O–H groups in total. The van der Waals surface area contributed by atoms with Gasteiger partial charge in [-0.3, -0.25) is 0 Å². The van der Waals surface area contributed by atoms with Gasteiger partial charge in [0.15, 0.2) is 4.34 Å². The van der Waals surface area contributed by atoms with Crippen LogP contribution in [0.15, 0.2) is 83.2 Å². The summed E-state index contributed by atoms with van der Waals surface area (Å²) < 4.78 is 0.969. The summed E-state index contributed by atoms with van der Waals surface area (Å²) in [6.45, 7) is 2.08. The lowest BCUT2D eigenvalue weighted by molar-refractivity contribution is 1.01. The number of aromatic nitrogens is 2. The summed E-state index contributed by atoms with van der Waals surface area (Å²) in [5.41, 5.74) is 6.04. The molecule has 0 fully saturated rings. The fourth-order valence-electron chi connectivity index (χ4n) is 2.65. The number of hydrogen-bond donors (Lipinski definition) is 1. The first-order chi connectivity index (χ1) is 13.3. The van der Waals surface area contributed by atoms with Gasteiger partial charge in [0.05, 0.1) is 0 Å². The molecule has 0 radical (unpaired) electrons. The number of benzene rings is 3. The van der Waals surface area contributed by atoms with Crippen molar-refractivity contribution in [3.05, 3.63) is 90.0 Å². The van der Waals surface area contributed by atoms with E-state index in [2.05, 4.69) is 95.2 Å². The molecule has 0 bridgehead atoms. The van der Waals surface area contributed by atoms with Gasteiger partial charge in [-0.1, -0.05) is 95.4 Å². The topological polar surface area (TPSA) is 37.8 Å².